The van der Waals surface area contributed by atoms with Crippen LogP contribution in [-0.4, -0.2) is 20.8 Å². The monoisotopic (exact) mass is 213 g/mol. The van der Waals surface area contributed by atoms with E-state index in [0.29, 0.717) is 11.4 Å². The van der Waals surface area contributed by atoms with Crippen LogP contribution in [0.25, 0.3) is 0 Å². The Balaban J connectivity index is 2.87. The molecule has 0 amide bonds. The Morgan fingerprint density at radius 2 is 1.79 bits per heavy atom. The molecule has 1 rings (SSSR count). The zero-order valence-corrected chi connectivity index (χ0v) is 9.26. The molecule has 0 aliphatic carbocycles. The van der Waals surface area contributed by atoms with Crippen molar-refractivity contribution >= 4 is 9.84 Å². The summed E-state index contributed by atoms with van der Waals surface area (Å²) in [5.41, 5.74) is 1.06. The van der Waals surface area contributed by atoms with Crippen LogP contribution in [0.3, 0.4) is 0 Å². The van der Waals surface area contributed by atoms with Gasteiger partial charge in [-0.2, -0.15) is 0 Å². The summed E-state index contributed by atoms with van der Waals surface area (Å²) in [6, 6.07) is 6.89. The number of hydrogen-bond acceptors (Lipinski definition) is 3. The molecule has 0 aliphatic rings. The fourth-order valence-corrected chi connectivity index (χ4v) is 2.26. The van der Waals surface area contributed by atoms with E-state index < -0.39 is 9.84 Å². The summed E-state index contributed by atoms with van der Waals surface area (Å²) >= 11 is 0. The van der Waals surface area contributed by atoms with Crippen LogP contribution in [0, 0.1) is 6.92 Å². The quantitative estimate of drug-likeness (QED) is 0.821. The van der Waals surface area contributed by atoms with E-state index in [1.165, 1.54) is 0 Å². The summed E-state index contributed by atoms with van der Waals surface area (Å²) < 4.78 is 23.3. The third kappa shape index (κ3) is 2.82. The van der Waals surface area contributed by atoms with Gasteiger partial charge < -0.3 is 5.32 Å². The number of sulfone groups is 1. The summed E-state index contributed by atoms with van der Waals surface area (Å²) in [5.74, 6) is 0.00651. The van der Waals surface area contributed by atoms with Crippen LogP contribution in [-0.2, 0) is 9.84 Å². The molecule has 0 atom stereocenters. The van der Waals surface area contributed by atoms with Crippen molar-refractivity contribution in [2.45, 2.75) is 18.7 Å². The molecule has 0 heterocycles. The van der Waals surface area contributed by atoms with Crippen molar-refractivity contribution < 1.29 is 8.42 Å². The van der Waals surface area contributed by atoms with Crippen LogP contribution in [0.1, 0.15) is 12.5 Å². The highest BCUT2D eigenvalue weighted by molar-refractivity contribution is 7.91. The van der Waals surface area contributed by atoms with Crippen molar-refractivity contribution in [1.82, 2.24) is 5.32 Å². The first kappa shape index (κ1) is 11.2. The van der Waals surface area contributed by atoms with Crippen molar-refractivity contribution in [3.63, 3.8) is 0 Å². The second-order valence-corrected chi connectivity index (χ2v) is 5.17. The maximum atomic E-state index is 11.6. The molecule has 0 spiro atoms. The van der Waals surface area contributed by atoms with E-state index in [9.17, 15) is 8.42 Å². The van der Waals surface area contributed by atoms with E-state index in [2.05, 4.69) is 5.32 Å². The highest BCUT2D eigenvalue weighted by Crippen LogP contribution is 2.10. The average molecular weight is 213 g/mol. The molecule has 1 aromatic rings. The molecule has 0 bridgehead atoms. The number of nitrogens with one attached hydrogen (secondary N) is 1. The molecule has 0 fully saturated rings. The van der Waals surface area contributed by atoms with Crippen LogP contribution in [0.15, 0.2) is 29.2 Å². The zero-order chi connectivity index (χ0) is 10.6. The average Bonchev–Trinajstić information content (AvgIpc) is 2.16. The molecule has 0 unspecified atom stereocenters. The van der Waals surface area contributed by atoms with Gasteiger partial charge >= 0.3 is 0 Å². The fraction of sp³-hybridized carbons (Fsp3) is 0.400. The first-order valence-electron chi connectivity index (χ1n) is 4.56. The molecular formula is C10H15NO2S. The molecule has 78 valence electrons. The lowest BCUT2D eigenvalue weighted by Crippen LogP contribution is -2.22. The highest BCUT2D eigenvalue weighted by Gasteiger charge is 2.12. The molecule has 3 nitrogen and oxygen atoms in total. The minimum atomic E-state index is -3.15. The minimum Gasteiger partial charge on any atom is -0.304 e. The topological polar surface area (TPSA) is 46.2 Å². The number of aryl methyl sites for hydroxylation is 1. The van der Waals surface area contributed by atoms with Gasteiger partial charge in [0.15, 0.2) is 9.84 Å². The smallest absolute Gasteiger partial charge is 0.191 e. The Labute approximate surface area is 85.1 Å². The number of benzene rings is 1. The van der Waals surface area contributed by atoms with Gasteiger partial charge in [-0.05, 0) is 25.6 Å². The van der Waals surface area contributed by atoms with E-state index in [1.54, 1.807) is 24.3 Å². The van der Waals surface area contributed by atoms with Gasteiger partial charge in [-0.15, -0.1) is 0 Å². The van der Waals surface area contributed by atoms with Gasteiger partial charge in [0, 0.05) is 0 Å². The predicted octanol–water partition coefficient (Wildman–Crippen LogP) is 1.34. The molecular weight excluding hydrogens is 198 g/mol. The normalized spacial score (nSPS) is 11.6. The summed E-state index contributed by atoms with van der Waals surface area (Å²) in [4.78, 5) is 0.379. The number of hydrogen-bond donors (Lipinski definition) is 1. The summed E-state index contributed by atoms with van der Waals surface area (Å²) in [6.45, 7) is 4.47. The lowest BCUT2D eigenvalue weighted by Gasteiger charge is -2.04. The second-order valence-electron chi connectivity index (χ2n) is 3.18. The van der Waals surface area contributed by atoms with E-state index in [4.69, 9.17) is 0 Å². The van der Waals surface area contributed by atoms with Gasteiger partial charge in [-0.1, -0.05) is 24.6 Å². The molecule has 0 aromatic heterocycles. The van der Waals surface area contributed by atoms with Crippen molar-refractivity contribution in [3.8, 4) is 0 Å². The maximum Gasteiger partial charge on any atom is 0.191 e. The molecule has 0 saturated heterocycles. The maximum absolute atomic E-state index is 11.6. The van der Waals surface area contributed by atoms with Gasteiger partial charge in [0.2, 0.25) is 0 Å². The van der Waals surface area contributed by atoms with Gasteiger partial charge in [0.25, 0.3) is 0 Å². The van der Waals surface area contributed by atoms with Crippen molar-refractivity contribution in [3.05, 3.63) is 29.8 Å². The van der Waals surface area contributed by atoms with E-state index in [-0.39, 0.29) is 5.88 Å². The van der Waals surface area contributed by atoms with E-state index >= 15 is 0 Å². The van der Waals surface area contributed by atoms with Crippen LogP contribution < -0.4 is 5.32 Å². The van der Waals surface area contributed by atoms with E-state index in [1.807, 2.05) is 13.8 Å². The summed E-state index contributed by atoms with van der Waals surface area (Å²) in [5, 5.41) is 2.81. The third-order valence-corrected chi connectivity index (χ3v) is 3.50. The lowest BCUT2D eigenvalue weighted by molar-refractivity contribution is 0.588. The van der Waals surface area contributed by atoms with E-state index in [0.717, 1.165) is 5.56 Å². The van der Waals surface area contributed by atoms with Crippen molar-refractivity contribution in [2.24, 2.45) is 0 Å². The van der Waals surface area contributed by atoms with Gasteiger partial charge in [-0.3, -0.25) is 0 Å². The summed E-state index contributed by atoms with van der Waals surface area (Å²) in [6.07, 6.45) is 0. The van der Waals surface area contributed by atoms with Crippen molar-refractivity contribution in [1.29, 1.82) is 0 Å². The van der Waals surface area contributed by atoms with Crippen LogP contribution >= 0.6 is 0 Å². The molecule has 1 aromatic carbocycles. The van der Waals surface area contributed by atoms with Gasteiger partial charge in [0.1, 0.15) is 5.88 Å². The molecule has 0 aliphatic heterocycles. The first-order valence-corrected chi connectivity index (χ1v) is 6.21. The van der Waals surface area contributed by atoms with Gasteiger partial charge in [-0.25, -0.2) is 8.42 Å². The SMILES string of the molecule is CCNCS(=O)(=O)c1ccc(C)cc1. The Bertz CT molecular complexity index is 381. The Morgan fingerprint density at radius 3 is 2.29 bits per heavy atom. The number of rotatable bonds is 4. The Hall–Kier alpha value is -0.870. The van der Waals surface area contributed by atoms with Crippen LogP contribution in [0.5, 0.6) is 0 Å². The second kappa shape index (κ2) is 4.57. The predicted molar refractivity (Wildman–Crippen MR) is 56.9 cm³/mol. The van der Waals surface area contributed by atoms with Crippen LogP contribution in [0.2, 0.25) is 0 Å². The summed E-state index contributed by atoms with van der Waals surface area (Å²) in [7, 11) is -3.15. The van der Waals surface area contributed by atoms with Gasteiger partial charge in [0.05, 0.1) is 4.90 Å². The zero-order valence-electron chi connectivity index (χ0n) is 8.45. The lowest BCUT2D eigenvalue weighted by atomic mass is 10.2. The molecule has 14 heavy (non-hydrogen) atoms. The van der Waals surface area contributed by atoms with Crippen molar-refractivity contribution in [2.75, 3.05) is 12.4 Å². The molecule has 1 N–H and O–H groups in total. The first-order chi connectivity index (χ1) is 6.56. The van der Waals surface area contributed by atoms with Crippen LogP contribution in [0.4, 0.5) is 0 Å². The molecule has 0 radical (unpaired) electrons. The Morgan fingerprint density at radius 1 is 1.21 bits per heavy atom. The standard InChI is InChI=1S/C10H15NO2S/c1-3-11-8-14(12,13)10-6-4-9(2)5-7-10/h4-7,11H,3,8H2,1-2H3. The largest absolute Gasteiger partial charge is 0.304 e. The third-order valence-electron chi connectivity index (χ3n) is 1.92. The fourth-order valence-electron chi connectivity index (χ4n) is 1.07. The minimum absolute atomic E-state index is 0.00651. The highest BCUT2D eigenvalue weighted by atomic mass is 32.2. The molecule has 0 saturated carbocycles. The molecule has 4 heteroatoms. The Kier molecular flexibility index (Phi) is 3.66.